The number of hydrogen-bond acceptors (Lipinski definition) is 4. The molecule has 0 unspecified atom stereocenters. The summed E-state index contributed by atoms with van der Waals surface area (Å²) < 4.78 is 41.9. The summed E-state index contributed by atoms with van der Waals surface area (Å²) in [7, 11) is 0. The average Bonchev–Trinajstić information content (AvgIpc) is 3.30. The molecular weight excluding hydrogens is 413 g/mol. The van der Waals surface area contributed by atoms with Gasteiger partial charge < -0.3 is 15.0 Å². The minimum atomic E-state index is -4.63. The number of rotatable bonds is 7. The molecule has 1 amide bonds. The molecule has 0 radical (unpaired) electrons. The molecule has 31 heavy (non-hydrogen) atoms. The lowest BCUT2D eigenvalue weighted by atomic mass is 9.97. The van der Waals surface area contributed by atoms with Crippen LogP contribution in [0.25, 0.3) is 0 Å². The van der Waals surface area contributed by atoms with E-state index in [2.05, 4.69) is 10.4 Å². The first-order chi connectivity index (χ1) is 14.4. The summed E-state index contributed by atoms with van der Waals surface area (Å²) in [6, 6.07) is 2.01. The minimum absolute atomic E-state index is 0.157. The predicted octanol–water partition coefficient (Wildman–Crippen LogP) is 3.59. The van der Waals surface area contributed by atoms with Crippen molar-refractivity contribution in [2.24, 2.45) is 5.92 Å². The van der Waals surface area contributed by atoms with E-state index in [4.69, 9.17) is 0 Å². The van der Waals surface area contributed by atoms with Crippen LogP contribution in [0.5, 0.6) is 0 Å². The van der Waals surface area contributed by atoms with E-state index in [1.807, 2.05) is 0 Å². The lowest BCUT2D eigenvalue weighted by molar-refractivity contribution is -0.138. The van der Waals surface area contributed by atoms with Crippen molar-refractivity contribution in [2.45, 2.75) is 70.3 Å². The SMILES string of the molecule is CC(C)(O)Cn1ccc(NC(=O)[C@H](CC2CCCC2)n2cc(C(F)(F)F)ccc2=O)n1. The fourth-order valence-corrected chi connectivity index (χ4v) is 3.95. The Morgan fingerprint density at radius 3 is 2.55 bits per heavy atom. The Morgan fingerprint density at radius 2 is 1.94 bits per heavy atom. The van der Waals surface area contributed by atoms with Crippen molar-refractivity contribution in [1.29, 1.82) is 0 Å². The van der Waals surface area contributed by atoms with E-state index >= 15 is 0 Å². The number of nitrogens with zero attached hydrogens (tertiary/aromatic N) is 3. The van der Waals surface area contributed by atoms with Crippen molar-refractivity contribution in [3.05, 3.63) is 46.5 Å². The highest BCUT2D eigenvalue weighted by molar-refractivity contribution is 5.92. The van der Waals surface area contributed by atoms with Crippen LogP contribution in [-0.4, -0.2) is 31.0 Å². The number of hydrogen-bond donors (Lipinski definition) is 2. The lowest BCUT2D eigenvalue weighted by Crippen LogP contribution is -2.35. The second kappa shape index (κ2) is 8.86. The number of amides is 1. The predicted molar refractivity (Wildman–Crippen MR) is 108 cm³/mol. The molecule has 7 nitrogen and oxygen atoms in total. The quantitative estimate of drug-likeness (QED) is 0.689. The molecule has 1 aliphatic carbocycles. The first kappa shape index (κ1) is 23.1. The van der Waals surface area contributed by atoms with Gasteiger partial charge in [0.2, 0.25) is 5.91 Å². The summed E-state index contributed by atoms with van der Waals surface area (Å²) in [5.41, 5.74) is -2.66. The highest BCUT2D eigenvalue weighted by atomic mass is 19.4. The maximum Gasteiger partial charge on any atom is 0.417 e. The molecule has 170 valence electrons. The molecule has 3 rings (SSSR count). The van der Waals surface area contributed by atoms with Crippen molar-refractivity contribution in [3.63, 3.8) is 0 Å². The van der Waals surface area contributed by atoms with Gasteiger partial charge in [-0.1, -0.05) is 25.7 Å². The zero-order valence-corrected chi connectivity index (χ0v) is 17.5. The number of aliphatic hydroxyl groups is 1. The van der Waals surface area contributed by atoms with Crippen LogP contribution < -0.4 is 10.9 Å². The maximum absolute atomic E-state index is 13.2. The molecule has 2 aromatic rings. The van der Waals surface area contributed by atoms with Crippen molar-refractivity contribution >= 4 is 11.7 Å². The summed E-state index contributed by atoms with van der Waals surface area (Å²) in [5.74, 6) is -0.238. The fraction of sp³-hybridized carbons (Fsp3) is 0.571. The molecule has 10 heteroatoms. The highest BCUT2D eigenvalue weighted by Gasteiger charge is 2.33. The molecule has 0 saturated heterocycles. The Bertz CT molecular complexity index is 969. The second-order valence-electron chi connectivity index (χ2n) is 8.76. The first-order valence-corrected chi connectivity index (χ1v) is 10.3. The van der Waals surface area contributed by atoms with E-state index < -0.39 is 34.8 Å². The van der Waals surface area contributed by atoms with Crippen molar-refractivity contribution in [1.82, 2.24) is 14.3 Å². The monoisotopic (exact) mass is 440 g/mol. The standard InChI is InChI=1S/C21H27F3N4O3/c1-20(2,31)13-27-10-9-17(26-27)25-19(30)16(11-14-5-3-4-6-14)28-12-15(21(22,23)24)7-8-18(28)29/h7-10,12,14,16,31H,3-6,11,13H2,1-2H3,(H,25,26,30)/t16-/m0/s1. The van der Waals surface area contributed by atoms with Gasteiger partial charge in [-0.2, -0.15) is 18.3 Å². The molecule has 0 aliphatic heterocycles. The van der Waals surface area contributed by atoms with Crippen LogP contribution in [0.2, 0.25) is 0 Å². The number of anilines is 1. The number of carbonyl (C=O) groups is 1. The van der Waals surface area contributed by atoms with Crippen molar-refractivity contribution in [3.8, 4) is 0 Å². The van der Waals surface area contributed by atoms with Gasteiger partial charge in [-0.05, 0) is 32.3 Å². The van der Waals surface area contributed by atoms with E-state index in [0.29, 0.717) is 6.20 Å². The van der Waals surface area contributed by atoms with Crippen molar-refractivity contribution < 1.29 is 23.1 Å². The zero-order valence-electron chi connectivity index (χ0n) is 17.5. The second-order valence-corrected chi connectivity index (χ2v) is 8.76. The Morgan fingerprint density at radius 1 is 1.26 bits per heavy atom. The van der Waals surface area contributed by atoms with Gasteiger partial charge in [0.1, 0.15) is 6.04 Å². The van der Waals surface area contributed by atoms with Gasteiger partial charge in [-0.3, -0.25) is 14.3 Å². The number of halogens is 3. The maximum atomic E-state index is 13.2. The molecule has 1 saturated carbocycles. The van der Waals surface area contributed by atoms with Gasteiger partial charge in [0.25, 0.3) is 5.56 Å². The number of aromatic nitrogens is 3. The molecule has 1 aliphatic rings. The Hall–Kier alpha value is -2.62. The number of nitrogens with one attached hydrogen (secondary N) is 1. The third-order valence-corrected chi connectivity index (χ3v) is 5.38. The lowest BCUT2D eigenvalue weighted by Gasteiger charge is -2.23. The highest BCUT2D eigenvalue weighted by Crippen LogP contribution is 2.33. The molecule has 0 aromatic carbocycles. The van der Waals surface area contributed by atoms with E-state index in [1.165, 1.54) is 10.7 Å². The van der Waals surface area contributed by atoms with Crippen LogP contribution in [0.4, 0.5) is 19.0 Å². The summed E-state index contributed by atoms with van der Waals surface area (Å²) >= 11 is 0. The Kier molecular flexibility index (Phi) is 6.59. The molecule has 1 atom stereocenters. The molecule has 1 fully saturated rings. The number of alkyl halides is 3. The normalized spacial score (nSPS) is 16.5. The summed E-state index contributed by atoms with van der Waals surface area (Å²) in [4.78, 5) is 25.5. The fourth-order valence-electron chi connectivity index (χ4n) is 3.95. The van der Waals surface area contributed by atoms with E-state index in [0.717, 1.165) is 42.4 Å². The summed E-state index contributed by atoms with van der Waals surface area (Å²) in [6.45, 7) is 3.43. The van der Waals surface area contributed by atoms with Gasteiger partial charge in [-0.15, -0.1) is 0 Å². The van der Waals surface area contributed by atoms with E-state index in [1.54, 1.807) is 20.0 Å². The Balaban J connectivity index is 1.87. The third kappa shape index (κ3) is 6.19. The summed E-state index contributed by atoms with van der Waals surface area (Å²) in [6.07, 6.45) is 1.69. The molecular formula is C21H27F3N4O3. The van der Waals surface area contributed by atoms with Gasteiger partial charge in [0.05, 0.1) is 17.7 Å². The molecule has 2 heterocycles. The van der Waals surface area contributed by atoms with Crippen LogP contribution in [0, 0.1) is 5.92 Å². The van der Waals surface area contributed by atoms with Crippen LogP contribution in [0.15, 0.2) is 35.4 Å². The largest absolute Gasteiger partial charge is 0.417 e. The van der Waals surface area contributed by atoms with Gasteiger partial charge >= 0.3 is 6.18 Å². The third-order valence-electron chi connectivity index (χ3n) is 5.38. The van der Waals surface area contributed by atoms with E-state index in [9.17, 15) is 27.9 Å². The zero-order chi connectivity index (χ0) is 22.8. The first-order valence-electron chi connectivity index (χ1n) is 10.3. The smallest absolute Gasteiger partial charge is 0.389 e. The molecule has 0 spiro atoms. The summed E-state index contributed by atoms with van der Waals surface area (Å²) in [5, 5.41) is 16.7. The van der Waals surface area contributed by atoms with Crippen LogP contribution >= 0.6 is 0 Å². The van der Waals surface area contributed by atoms with Crippen LogP contribution in [0.1, 0.15) is 57.6 Å². The number of carbonyl (C=O) groups excluding carboxylic acids is 1. The van der Waals surface area contributed by atoms with Crippen molar-refractivity contribution in [2.75, 3.05) is 5.32 Å². The molecule has 2 N–H and O–H groups in total. The number of pyridine rings is 1. The van der Waals surface area contributed by atoms with Gasteiger partial charge in [-0.25, -0.2) is 0 Å². The Labute approximate surface area is 177 Å². The molecule has 2 aromatic heterocycles. The topological polar surface area (TPSA) is 89.1 Å². The van der Waals surface area contributed by atoms with E-state index in [-0.39, 0.29) is 24.7 Å². The minimum Gasteiger partial charge on any atom is -0.389 e. The molecule has 0 bridgehead atoms. The average molecular weight is 440 g/mol. The van der Waals surface area contributed by atoms with Gasteiger partial charge in [0, 0.05) is 24.5 Å². The van der Waals surface area contributed by atoms with Crippen LogP contribution in [-0.2, 0) is 17.5 Å². The van der Waals surface area contributed by atoms with Crippen LogP contribution in [0.3, 0.4) is 0 Å². The van der Waals surface area contributed by atoms with Gasteiger partial charge in [0.15, 0.2) is 5.82 Å².